The van der Waals surface area contributed by atoms with Crippen molar-refractivity contribution in [1.82, 2.24) is 5.43 Å². The van der Waals surface area contributed by atoms with E-state index in [0.717, 1.165) is 17.7 Å². The fourth-order valence-electron chi connectivity index (χ4n) is 2.17. The standard InChI is InChI=1S/C19H19Cl3N2O2/c1-12(2)8-17(13-6-4-3-5-7-13)23-24-19(25)11-26-18-10-15(21)14(20)9-16(18)22/h3-7,9-10,12H,8,11H2,1-2H3,(H,24,25)/b23-17-. The largest absolute Gasteiger partial charge is 0.482 e. The molecule has 0 spiro atoms. The summed E-state index contributed by atoms with van der Waals surface area (Å²) in [5, 5.41) is 5.15. The fourth-order valence-corrected chi connectivity index (χ4v) is 2.76. The fraction of sp³-hybridized carbons (Fsp3) is 0.263. The first-order chi connectivity index (χ1) is 12.4. The molecule has 2 aromatic carbocycles. The van der Waals surface area contributed by atoms with Crippen LogP contribution >= 0.6 is 34.8 Å². The summed E-state index contributed by atoms with van der Waals surface area (Å²) >= 11 is 17.8. The van der Waals surface area contributed by atoms with Crippen molar-refractivity contribution in [3.63, 3.8) is 0 Å². The van der Waals surface area contributed by atoms with E-state index in [2.05, 4.69) is 24.4 Å². The molecule has 0 unspecified atom stereocenters. The van der Waals surface area contributed by atoms with Gasteiger partial charge in [0.25, 0.3) is 5.91 Å². The Kier molecular flexibility index (Phi) is 7.76. The zero-order chi connectivity index (χ0) is 19.1. The molecule has 0 saturated heterocycles. The van der Waals surface area contributed by atoms with Gasteiger partial charge >= 0.3 is 0 Å². The normalized spacial score (nSPS) is 11.5. The Balaban J connectivity index is 2.01. The van der Waals surface area contributed by atoms with Gasteiger partial charge in [-0.05, 0) is 24.0 Å². The van der Waals surface area contributed by atoms with E-state index in [-0.39, 0.29) is 17.4 Å². The van der Waals surface area contributed by atoms with Crippen LogP contribution in [0.3, 0.4) is 0 Å². The lowest BCUT2D eigenvalue weighted by Gasteiger charge is -2.11. The van der Waals surface area contributed by atoms with Crippen molar-refractivity contribution in [1.29, 1.82) is 0 Å². The van der Waals surface area contributed by atoms with Gasteiger partial charge in [-0.15, -0.1) is 0 Å². The van der Waals surface area contributed by atoms with Crippen LogP contribution in [0.2, 0.25) is 15.1 Å². The summed E-state index contributed by atoms with van der Waals surface area (Å²) in [7, 11) is 0. The molecule has 138 valence electrons. The minimum absolute atomic E-state index is 0.245. The third-order valence-electron chi connectivity index (χ3n) is 3.36. The van der Waals surface area contributed by atoms with Crippen molar-refractivity contribution in [2.45, 2.75) is 20.3 Å². The van der Waals surface area contributed by atoms with Crippen molar-refractivity contribution < 1.29 is 9.53 Å². The van der Waals surface area contributed by atoms with Crippen molar-refractivity contribution in [3.05, 3.63) is 63.1 Å². The first-order valence-electron chi connectivity index (χ1n) is 8.05. The van der Waals surface area contributed by atoms with E-state index in [1.807, 2.05) is 30.3 Å². The summed E-state index contributed by atoms with van der Waals surface area (Å²) in [5.74, 6) is 0.284. The number of carbonyl (C=O) groups excluding carboxylic acids is 1. The summed E-state index contributed by atoms with van der Waals surface area (Å²) in [4.78, 5) is 12.1. The minimum Gasteiger partial charge on any atom is -0.482 e. The van der Waals surface area contributed by atoms with Crippen LogP contribution in [-0.2, 0) is 4.79 Å². The van der Waals surface area contributed by atoms with Crippen LogP contribution in [-0.4, -0.2) is 18.2 Å². The molecule has 2 rings (SSSR count). The highest BCUT2D eigenvalue weighted by Crippen LogP contribution is 2.33. The van der Waals surface area contributed by atoms with E-state index < -0.39 is 5.91 Å². The maximum atomic E-state index is 12.1. The van der Waals surface area contributed by atoms with Gasteiger partial charge < -0.3 is 4.74 Å². The molecule has 1 N–H and O–H groups in total. The molecule has 0 radical (unpaired) electrons. The van der Waals surface area contributed by atoms with E-state index in [0.29, 0.717) is 16.0 Å². The van der Waals surface area contributed by atoms with Crippen molar-refractivity contribution in [3.8, 4) is 5.75 Å². The number of nitrogens with zero attached hydrogens (tertiary/aromatic N) is 1. The van der Waals surface area contributed by atoms with Crippen LogP contribution in [0.15, 0.2) is 47.6 Å². The number of ether oxygens (including phenoxy) is 1. The molecule has 2 aromatic rings. The third kappa shape index (κ3) is 6.20. The number of benzene rings is 2. The summed E-state index contributed by atoms with van der Waals surface area (Å²) in [6.45, 7) is 3.94. The Morgan fingerprint density at radius 2 is 1.73 bits per heavy atom. The predicted octanol–water partition coefficient (Wildman–Crippen LogP) is 5.59. The number of halogens is 3. The highest BCUT2D eigenvalue weighted by Gasteiger charge is 2.11. The first-order valence-corrected chi connectivity index (χ1v) is 9.18. The molecule has 0 heterocycles. The number of amides is 1. The molecule has 0 fully saturated rings. The third-order valence-corrected chi connectivity index (χ3v) is 4.38. The van der Waals surface area contributed by atoms with Gasteiger partial charge in [-0.2, -0.15) is 5.10 Å². The number of nitrogens with one attached hydrogen (secondary N) is 1. The van der Waals surface area contributed by atoms with Crippen LogP contribution in [0, 0.1) is 5.92 Å². The predicted molar refractivity (Wildman–Crippen MR) is 108 cm³/mol. The molecule has 0 bridgehead atoms. The minimum atomic E-state index is -0.399. The molecule has 0 aliphatic rings. The molecule has 0 aliphatic carbocycles. The van der Waals surface area contributed by atoms with Gasteiger partial charge in [0.05, 0.1) is 20.8 Å². The van der Waals surface area contributed by atoms with Gasteiger partial charge in [-0.3, -0.25) is 4.79 Å². The quantitative estimate of drug-likeness (QED) is 0.365. The highest BCUT2D eigenvalue weighted by molar-refractivity contribution is 6.43. The van der Waals surface area contributed by atoms with Gasteiger partial charge in [0.15, 0.2) is 6.61 Å². The topological polar surface area (TPSA) is 50.7 Å². The Labute approximate surface area is 168 Å². The van der Waals surface area contributed by atoms with Gasteiger partial charge in [-0.25, -0.2) is 5.43 Å². The van der Waals surface area contributed by atoms with E-state index in [1.165, 1.54) is 12.1 Å². The molecule has 0 saturated carbocycles. The van der Waals surface area contributed by atoms with Crippen molar-refractivity contribution in [2.75, 3.05) is 6.61 Å². The van der Waals surface area contributed by atoms with E-state index in [4.69, 9.17) is 39.5 Å². The maximum absolute atomic E-state index is 12.1. The monoisotopic (exact) mass is 412 g/mol. The molecular weight excluding hydrogens is 395 g/mol. The molecule has 26 heavy (non-hydrogen) atoms. The summed E-state index contributed by atoms with van der Waals surface area (Å²) in [6.07, 6.45) is 0.740. The second-order valence-electron chi connectivity index (χ2n) is 6.04. The van der Waals surface area contributed by atoms with Crippen LogP contribution in [0.25, 0.3) is 0 Å². The summed E-state index contributed by atoms with van der Waals surface area (Å²) < 4.78 is 5.40. The Hall–Kier alpha value is -1.75. The van der Waals surface area contributed by atoms with E-state index in [1.54, 1.807) is 0 Å². The molecular formula is C19H19Cl3N2O2. The molecule has 4 nitrogen and oxygen atoms in total. The zero-order valence-corrected chi connectivity index (χ0v) is 16.7. The van der Waals surface area contributed by atoms with Gasteiger partial charge in [0.1, 0.15) is 5.75 Å². The van der Waals surface area contributed by atoms with Crippen LogP contribution in [0.4, 0.5) is 0 Å². The van der Waals surface area contributed by atoms with E-state index in [9.17, 15) is 4.79 Å². The Bertz CT molecular complexity index is 793. The maximum Gasteiger partial charge on any atom is 0.277 e. The number of hydrazone groups is 1. The molecule has 0 aromatic heterocycles. The van der Waals surface area contributed by atoms with Crippen LogP contribution in [0.1, 0.15) is 25.8 Å². The van der Waals surface area contributed by atoms with Crippen LogP contribution in [0.5, 0.6) is 5.75 Å². The smallest absolute Gasteiger partial charge is 0.277 e. The second kappa shape index (κ2) is 9.81. The second-order valence-corrected chi connectivity index (χ2v) is 7.26. The van der Waals surface area contributed by atoms with Crippen LogP contribution < -0.4 is 10.2 Å². The zero-order valence-electron chi connectivity index (χ0n) is 14.4. The molecule has 7 heteroatoms. The van der Waals surface area contributed by atoms with Gasteiger partial charge in [0, 0.05) is 6.07 Å². The Morgan fingerprint density at radius 1 is 1.08 bits per heavy atom. The first kappa shape index (κ1) is 20.6. The van der Waals surface area contributed by atoms with Crippen molar-refractivity contribution >= 4 is 46.4 Å². The molecule has 0 aliphatic heterocycles. The van der Waals surface area contributed by atoms with E-state index >= 15 is 0 Å². The summed E-state index contributed by atoms with van der Waals surface area (Å²) in [5.41, 5.74) is 4.30. The molecule has 1 amide bonds. The number of hydrogen-bond donors (Lipinski definition) is 1. The number of rotatable bonds is 7. The average Bonchev–Trinajstić information content (AvgIpc) is 2.61. The molecule has 0 atom stereocenters. The Morgan fingerprint density at radius 3 is 2.38 bits per heavy atom. The number of hydrogen-bond acceptors (Lipinski definition) is 3. The highest BCUT2D eigenvalue weighted by atomic mass is 35.5. The lowest BCUT2D eigenvalue weighted by Crippen LogP contribution is -2.26. The van der Waals surface area contributed by atoms with Gasteiger partial charge in [-0.1, -0.05) is 79.0 Å². The van der Waals surface area contributed by atoms with Crippen molar-refractivity contribution in [2.24, 2.45) is 11.0 Å². The summed E-state index contributed by atoms with van der Waals surface area (Å²) in [6, 6.07) is 12.7. The average molecular weight is 414 g/mol. The number of carbonyl (C=O) groups is 1. The van der Waals surface area contributed by atoms with Gasteiger partial charge in [0.2, 0.25) is 0 Å². The lowest BCUT2D eigenvalue weighted by molar-refractivity contribution is -0.123. The lowest BCUT2D eigenvalue weighted by atomic mass is 10.0. The SMILES string of the molecule is CC(C)C/C(=N/NC(=O)COc1cc(Cl)c(Cl)cc1Cl)c1ccccc1.